The maximum Gasteiger partial charge on any atom is 0.138 e. The van der Waals surface area contributed by atoms with Crippen LogP contribution in [0.1, 0.15) is 5.69 Å². The molecule has 0 amide bonds. The van der Waals surface area contributed by atoms with Crippen LogP contribution in [-0.4, -0.2) is 51.1 Å². The molecule has 180 valence electrons. The first-order chi connectivity index (χ1) is 17.7. The van der Waals surface area contributed by atoms with Crippen molar-refractivity contribution in [3.05, 3.63) is 96.8 Å². The van der Waals surface area contributed by atoms with Crippen LogP contribution < -0.4 is 9.64 Å². The minimum atomic E-state index is 0.178. The maximum absolute atomic E-state index is 9.64. The molecule has 7 heteroatoms. The molecule has 0 bridgehead atoms. The van der Waals surface area contributed by atoms with Gasteiger partial charge in [-0.2, -0.15) is 0 Å². The lowest BCUT2D eigenvalue weighted by molar-refractivity contribution is 0.247. The molecule has 0 spiro atoms. The predicted octanol–water partition coefficient (Wildman–Crippen LogP) is 5.45. The van der Waals surface area contributed by atoms with Crippen LogP contribution in [0.4, 0.5) is 5.69 Å². The molecule has 5 aromatic rings. The number of imidazole rings is 1. The first kappa shape index (κ1) is 22.1. The topological polar surface area (TPSA) is 77.5 Å². The number of benzene rings is 3. The summed E-state index contributed by atoms with van der Waals surface area (Å²) in [6.07, 6.45) is 1.86. The number of aromatic amines is 1. The van der Waals surface area contributed by atoms with E-state index in [2.05, 4.69) is 44.0 Å². The van der Waals surface area contributed by atoms with Crippen LogP contribution >= 0.6 is 0 Å². The number of anilines is 1. The second-order valence-corrected chi connectivity index (χ2v) is 8.97. The molecule has 7 nitrogen and oxygen atoms in total. The van der Waals surface area contributed by atoms with Crippen molar-refractivity contribution in [2.24, 2.45) is 0 Å². The molecular weight excluding hydrogens is 450 g/mol. The van der Waals surface area contributed by atoms with Crippen molar-refractivity contribution in [2.45, 2.75) is 6.54 Å². The Morgan fingerprint density at radius 3 is 2.44 bits per heavy atom. The fraction of sp³-hybridized carbons (Fsp3) is 0.172. The lowest BCUT2D eigenvalue weighted by Gasteiger charge is -2.36. The molecular formula is C29H27N5O2. The number of aromatic hydroxyl groups is 1. The minimum Gasteiger partial charge on any atom is -0.508 e. The number of aromatic nitrogens is 3. The number of phenols is 1. The highest BCUT2D eigenvalue weighted by Gasteiger charge is 2.20. The summed E-state index contributed by atoms with van der Waals surface area (Å²) in [4.78, 5) is 17.8. The van der Waals surface area contributed by atoms with E-state index in [9.17, 15) is 5.11 Å². The lowest BCUT2D eigenvalue weighted by Crippen LogP contribution is -2.46. The summed E-state index contributed by atoms with van der Waals surface area (Å²) in [5.41, 5.74) is 5.28. The zero-order valence-electron chi connectivity index (χ0n) is 19.8. The summed E-state index contributed by atoms with van der Waals surface area (Å²) in [6, 6.07) is 27.0. The van der Waals surface area contributed by atoms with E-state index >= 15 is 0 Å². The van der Waals surface area contributed by atoms with E-state index in [0.29, 0.717) is 11.5 Å². The van der Waals surface area contributed by atoms with Crippen LogP contribution in [0.2, 0.25) is 0 Å². The second kappa shape index (κ2) is 9.71. The Morgan fingerprint density at radius 2 is 1.67 bits per heavy atom. The Morgan fingerprint density at radius 1 is 0.833 bits per heavy atom. The van der Waals surface area contributed by atoms with E-state index in [0.717, 1.165) is 66.5 Å². The number of pyridine rings is 1. The maximum atomic E-state index is 9.64. The molecule has 0 radical (unpaired) electrons. The van der Waals surface area contributed by atoms with Gasteiger partial charge in [0, 0.05) is 50.6 Å². The molecule has 0 atom stereocenters. The smallest absolute Gasteiger partial charge is 0.138 e. The standard InChI is InChI=1S/C29H27N5O2/c35-23-6-3-7-25(19-23)36-24-12-10-21(11-13-24)29-31-26-8-4-9-27(28(26)32-29)34-17-15-33(16-18-34)20-22-5-1-2-14-30-22/h1-14,19,35H,15-18,20H2,(H,31,32). The number of phenolic OH excluding ortho intramolecular Hbond substituents is 1. The molecule has 0 aliphatic carbocycles. The summed E-state index contributed by atoms with van der Waals surface area (Å²) in [5, 5.41) is 9.64. The third-order valence-corrected chi connectivity index (χ3v) is 6.50. The van der Waals surface area contributed by atoms with Gasteiger partial charge in [-0.05, 0) is 60.7 Å². The number of hydrogen-bond donors (Lipinski definition) is 2. The van der Waals surface area contributed by atoms with Gasteiger partial charge in [0.2, 0.25) is 0 Å². The monoisotopic (exact) mass is 477 g/mol. The van der Waals surface area contributed by atoms with Gasteiger partial charge in [0.15, 0.2) is 0 Å². The summed E-state index contributed by atoms with van der Waals surface area (Å²) in [7, 11) is 0. The average Bonchev–Trinajstić information content (AvgIpc) is 3.35. The Kier molecular flexibility index (Phi) is 5.97. The highest BCUT2D eigenvalue weighted by molar-refractivity contribution is 5.91. The van der Waals surface area contributed by atoms with Gasteiger partial charge < -0.3 is 19.7 Å². The molecule has 1 saturated heterocycles. The van der Waals surface area contributed by atoms with E-state index in [-0.39, 0.29) is 5.75 Å². The molecule has 2 N–H and O–H groups in total. The van der Waals surface area contributed by atoms with Gasteiger partial charge in [-0.3, -0.25) is 9.88 Å². The van der Waals surface area contributed by atoms with E-state index < -0.39 is 0 Å². The molecule has 36 heavy (non-hydrogen) atoms. The molecule has 1 aliphatic heterocycles. The normalized spacial score (nSPS) is 14.3. The molecule has 0 unspecified atom stereocenters. The first-order valence-corrected chi connectivity index (χ1v) is 12.1. The fourth-order valence-corrected chi connectivity index (χ4v) is 4.64. The number of H-pyrrole nitrogens is 1. The molecule has 3 heterocycles. The molecule has 0 saturated carbocycles. The van der Waals surface area contributed by atoms with Gasteiger partial charge in [-0.15, -0.1) is 0 Å². The third-order valence-electron chi connectivity index (χ3n) is 6.50. The second-order valence-electron chi connectivity index (χ2n) is 8.97. The van der Waals surface area contributed by atoms with Crippen molar-refractivity contribution in [3.8, 4) is 28.6 Å². The molecule has 2 aromatic heterocycles. The van der Waals surface area contributed by atoms with Gasteiger partial charge in [-0.1, -0.05) is 18.2 Å². The quantitative estimate of drug-likeness (QED) is 0.339. The van der Waals surface area contributed by atoms with Gasteiger partial charge >= 0.3 is 0 Å². The lowest BCUT2D eigenvalue weighted by atomic mass is 10.2. The SMILES string of the molecule is Oc1cccc(Oc2ccc(-c3nc4c(N5CCN(Cc6ccccn6)CC5)cccc4[nH]3)cc2)c1. The van der Waals surface area contributed by atoms with Crippen LogP contribution in [0.25, 0.3) is 22.4 Å². The highest BCUT2D eigenvalue weighted by Crippen LogP contribution is 2.31. The summed E-state index contributed by atoms with van der Waals surface area (Å²) in [6.45, 7) is 4.77. The third kappa shape index (κ3) is 4.74. The van der Waals surface area contributed by atoms with Gasteiger partial charge in [0.1, 0.15) is 28.6 Å². The van der Waals surface area contributed by atoms with Crippen LogP contribution in [0.5, 0.6) is 17.2 Å². The van der Waals surface area contributed by atoms with E-state index in [1.807, 2.05) is 48.7 Å². The number of ether oxygens (including phenoxy) is 1. The van der Waals surface area contributed by atoms with Crippen LogP contribution in [0.15, 0.2) is 91.1 Å². The number of piperazine rings is 1. The molecule has 1 fully saturated rings. The first-order valence-electron chi connectivity index (χ1n) is 12.1. The van der Waals surface area contributed by atoms with Crippen molar-refractivity contribution < 1.29 is 9.84 Å². The minimum absolute atomic E-state index is 0.178. The predicted molar refractivity (Wildman–Crippen MR) is 141 cm³/mol. The molecule has 1 aliphatic rings. The van der Waals surface area contributed by atoms with Crippen LogP contribution in [0.3, 0.4) is 0 Å². The number of nitrogens with zero attached hydrogens (tertiary/aromatic N) is 4. The Balaban J connectivity index is 1.17. The van der Waals surface area contributed by atoms with Crippen molar-refractivity contribution in [1.82, 2.24) is 19.9 Å². The zero-order valence-corrected chi connectivity index (χ0v) is 19.8. The number of para-hydroxylation sites is 1. The van der Waals surface area contributed by atoms with E-state index in [1.54, 1.807) is 18.2 Å². The van der Waals surface area contributed by atoms with Crippen molar-refractivity contribution in [2.75, 3.05) is 31.1 Å². The Bertz CT molecular complexity index is 1460. The number of fused-ring (bicyclic) bond motifs is 1. The van der Waals surface area contributed by atoms with Gasteiger partial charge in [0.05, 0.1) is 16.9 Å². The van der Waals surface area contributed by atoms with Crippen molar-refractivity contribution in [1.29, 1.82) is 0 Å². The van der Waals surface area contributed by atoms with Gasteiger partial charge in [0.25, 0.3) is 0 Å². The Labute approximate surface area is 209 Å². The van der Waals surface area contributed by atoms with Crippen LogP contribution in [-0.2, 0) is 6.54 Å². The summed E-state index contributed by atoms with van der Waals surface area (Å²) in [5.74, 6) is 2.30. The number of hydrogen-bond acceptors (Lipinski definition) is 6. The number of rotatable bonds is 6. The summed E-state index contributed by atoms with van der Waals surface area (Å²) < 4.78 is 5.85. The zero-order chi connectivity index (χ0) is 24.3. The molecule has 6 rings (SSSR count). The fourth-order valence-electron chi connectivity index (χ4n) is 4.64. The van der Waals surface area contributed by atoms with E-state index in [1.165, 1.54) is 0 Å². The Hall–Kier alpha value is -4.36. The van der Waals surface area contributed by atoms with Gasteiger partial charge in [-0.25, -0.2) is 4.98 Å². The largest absolute Gasteiger partial charge is 0.508 e. The van der Waals surface area contributed by atoms with E-state index in [4.69, 9.17) is 9.72 Å². The van der Waals surface area contributed by atoms with Crippen molar-refractivity contribution in [3.63, 3.8) is 0 Å². The highest BCUT2D eigenvalue weighted by atomic mass is 16.5. The molecule has 3 aromatic carbocycles. The van der Waals surface area contributed by atoms with Crippen molar-refractivity contribution >= 4 is 16.7 Å². The summed E-state index contributed by atoms with van der Waals surface area (Å²) >= 11 is 0. The average molecular weight is 478 g/mol. The van der Waals surface area contributed by atoms with Crippen LogP contribution in [0, 0.1) is 0 Å². The number of nitrogens with one attached hydrogen (secondary N) is 1.